The van der Waals surface area contributed by atoms with Gasteiger partial charge in [-0.25, -0.2) is 26.6 Å². The first-order valence-corrected chi connectivity index (χ1v) is 18.5. The van der Waals surface area contributed by atoms with E-state index in [0.717, 1.165) is 23.2 Å². The summed E-state index contributed by atoms with van der Waals surface area (Å²) in [6.07, 6.45) is -0.932. The molecular formula is C29H37N3O9S3. The molecule has 5 atom stereocenters. The maximum atomic E-state index is 13.9. The maximum absolute atomic E-state index is 13.9. The van der Waals surface area contributed by atoms with Crippen molar-refractivity contribution in [3.8, 4) is 0 Å². The second-order valence-corrected chi connectivity index (χ2v) is 16.7. The molecule has 15 heteroatoms. The molecule has 1 aromatic heterocycles. The number of hydrogen-bond acceptors (Lipinski definition) is 11. The fraction of sp³-hybridized carbons (Fsp3) is 0.517. The highest BCUT2D eigenvalue weighted by Crippen LogP contribution is 2.33. The van der Waals surface area contributed by atoms with Gasteiger partial charge in [0.2, 0.25) is 24.2 Å². The summed E-state index contributed by atoms with van der Waals surface area (Å²) in [6, 6.07) is 12.6. The highest BCUT2D eigenvalue weighted by Gasteiger charge is 2.44. The zero-order valence-electron chi connectivity index (χ0n) is 24.7. The van der Waals surface area contributed by atoms with Gasteiger partial charge in [0, 0.05) is 19.3 Å². The molecule has 0 saturated carbocycles. The van der Waals surface area contributed by atoms with E-state index in [9.17, 15) is 26.7 Å². The molecular weight excluding hydrogens is 631 g/mol. The number of aliphatic hydroxyl groups excluding tert-OH is 1. The van der Waals surface area contributed by atoms with Crippen molar-refractivity contribution >= 4 is 47.5 Å². The van der Waals surface area contributed by atoms with Gasteiger partial charge in [0.15, 0.2) is 6.29 Å². The fourth-order valence-electron chi connectivity index (χ4n) is 5.39. The Balaban J connectivity index is 1.37. The molecule has 3 aromatic rings. The second-order valence-electron chi connectivity index (χ2n) is 11.6. The van der Waals surface area contributed by atoms with Gasteiger partial charge in [0.25, 0.3) is 0 Å². The number of hydrogen-bond donors (Lipinski definition) is 2. The molecule has 1 amide bonds. The standard InChI is InChI=1S/C29H37N3O9S3/c1-18(2)15-32(44(37,38)20-9-10-22-26(14-20)42-29(31-22)43(3,35)36)16-24(33)23(13-19-7-5-4-6-8-19)30-28(34)41-25-17-40-27-21(25)11-12-39-27/h4-10,14,18,21,23-25,27,33H,11-13,15-17H2,1-3H3,(H,30,34)/t21-,23-,24+,25-,27+/m0/s1. The Morgan fingerprint density at radius 2 is 1.89 bits per heavy atom. The van der Waals surface area contributed by atoms with Crippen molar-refractivity contribution in [3.63, 3.8) is 0 Å². The van der Waals surface area contributed by atoms with Crippen LogP contribution in [0.15, 0.2) is 57.8 Å². The van der Waals surface area contributed by atoms with Crippen LogP contribution in [0.3, 0.4) is 0 Å². The Kier molecular flexibility index (Phi) is 9.94. The number of benzene rings is 2. The van der Waals surface area contributed by atoms with Crippen LogP contribution in [0, 0.1) is 11.8 Å². The van der Waals surface area contributed by atoms with Gasteiger partial charge < -0.3 is 24.6 Å². The lowest BCUT2D eigenvalue weighted by molar-refractivity contribution is -0.0907. The van der Waals surface area contributed by atoms with Crippen molar-refractivity contribution in [2.75, 3.05) is 32.6 Å². The summed E-state index contributed by atoms with van der Waals surface area (Å²) in [6.45, 7) is 4.26. The first-order valence-electron chi connectivity index (χ1n) is 14.3. The molecule has 240 valence electrons. The van der Waals surface area contributed by atoms with E-state index in [1.807, 2.05) is 44.2 Å². The van der Waals surface area contributed by atoms with Crippen LogP contribution in [-0.2, 0) is 40.5 Å². The summed E-state index contributed by atoms with van der Waals surface area (Å²) in [5.74, 6) is -0.148. The second kappa shape index (κ2) is 13.4. The third-order valence-electron chi connectivity index (χ3n) is 7.56. The quantitative estimate of drug-likeness (QED) is 0.294. The van der Waals surface area contributed by atoms with Crippen LogP contribution < -0.4 is 5.32 Å². The van der Waals surface area contributed by atoms with E-state index in [-0.39, 0.29) is 47.2 Å². The summed E-state index contributed by atoms with van der Waals surface area (Å²) >= 11 is 0.896. The topological polar surface area (TPSA) is 161 Å². The molecule has 2 aliphatic heterocycles. The van der Waals surface area contributed by atoms with E-state index in [1.165, 1.54) is 22.5 Å². The van der Waals surface area contributed by atoms with E-state index in [0.29, 0.717) is 23.2 Å². The van der Waals surface area contributed by atoms with Crippen LogP contribution in [-0.4, -0.2) is 94.4 Å². The first kappa shape index (κ1) is 32.7. The molecule has 0 unspecified atom stereocenters. The number of alkyl carbamates (subject to hydrolysis) is 1. The van der Waals surface area contributed by atoms with Gasteiger partial charge in [0.1, 0.15) is 6.10 Å². The number of amides is 1. The van der Waals surface area contributed by atoms with Gasteiger partial charge in [-0.1, -0.05) is 44.2 Å². The number of fused-ring (bicyclic) bond motifs is 2. The van der Waals surface area contributed by atoms with Crippen LogP contribution in [0.25, 0.3) is 10.2 Å². The molecule has 2 saturated heterocycles. The molecule has 0 aliphatic carbocycles. The SMILES string of the molecule is CC(C)CN(C[C@@H](O)[C@H](Cc1ccccc1)NC(=O)O[C@H]1CO[C@H]2OCC[C@H]21)S(=O)(=O)c1ccc2nc(S(C)(=O)=O)sc2c1. The highest BCUT2D eigenvalue weighted by atomic mass is 32.2. The van der Waals surface area contributed by atoms with Crippen molar-refractivity contribution in [2.24, 2.45) is 11.8 Å². The molecule has 5 rings (SSSR count). The third kappa shape index (κ3) is 7.58. The number of carbonyl (C=O) groups is 1. The smallest absolute Gasteiger partial charge is 0.407 e. The number of aliphatic hydroxyl groups is 1. The Labute approximate surface area is 261 Å². The van der Waals surface area contributed by atoms with Gasteiger partial charge in [-0.05, 0) is 42.5 Å². The number of rotatable bonds is 12. The number of thiazole rings is 1. The predicted octanol–water partition coefficient (Wildman–Crippen LogP) is 2.81. The predicted molar refractivity (Wildman–Crippen MR) is 163 cm³/mol. The van der Waals surface area contributed by atoms with E-state index >= 15 is 0 Å². The van der Waals surface area contributed by atoms with E-state index < -0.39 is 50.5 Å². The molecule has 3 heterocycles. The van der Waals surface area contributed by atoms with Crippen molar-refractivity contribution in [3.05, 3.63) is 54.1 Å². The third-order valence-corrected chi connectivity index (χ3v) is 12.1. The lowest BCUT2D eigenvalue weighted by Gasteiger charge is -2.31. The normalized spacial score (nSPS) is 21.9. The van der Waals surface area contributed by atoms with Gasteiger partial charge in [-0.3, -0.25) is 0 Å². The zero-order chi connectivity index (χ0) is 31.6. The largest absolute Gasteiger partial charge is 0.443 e. The monoisotopic (exact) mass is 667 g/mol. The Morgan fingerprint density at radius 3 is 2.59 bits per heavy atom. The van der Waals surface area contributed by atoms with E-state index in [4.69, 9.17) is 14.2 Å². The van der Waals surface area contributed by atoms with Crippen molar-refractivity contribution < 1.29 is 40.9 Å². The van der Waals surface area contributed by atoms with Gasteiger partial charge in [-0.2, -0.15) is 4.31 Å². The van der Waals surface area contributed by atoms with Crippen LogP contribution in [0.1, 0.15) is 25.8 Å². The number of sulfone groups is 1. The molecule has 0 bridgehead atoms. The average molecular weight is 668 g/mol. The summed E-state index contributed by atoms with van der Waals surface area (Å²) in [4.78, 5) is 17.1. The van der Waals surface area contributed by atoms with Crippen LogP contribution in [0.2, 0.25) is 0 Å². The molecule has 2 aliphatic rings. The highest BCUT2D eigenvalue weighted by molar-refractivity contribution is 7.92. The van der Waals surface area contributed by atoms with E-state index in [2.05, 4.69) is 10.3 Å². The average Bonchev–Trinajstić information content (AvgIpc) is 3.69. The van der Waals surface area contributed by atoms with Crippen LogP contribution in [0.5, 0.6) is 0 Å². The minimum absolute atomic E-state index is 0.0527. The number of carbonyl (C=O) groups excluding carboxylic acids is 1. The molecule has 0 radical (unpaired) electrons. The maximum Gasteiger partial charge on any atom is 0.407 e. The van der Waals surface area contributed by atoms with E-state index in [1.54, 1.807) is 0 Å². The number of nitrogens with one attached hydrogen (secondary N) is 1. The summed E-state index contributed by atoms with van der Waals surface area (Å²) in [7, 11) is -7.71. The molecule has 12 nitrogen and oxygen atoms in total. The molecule has 0 spiro atoms. The van der Waals surface area contributed by atoms with Crippen LogP contribution >= 0.6 is 11.3 Å². The first-order chi connectivity index (χ1) is 20.8. The van der Waals surface area contributed by atoms with Gasteiger partial charge in [0.05, 0.1) is 46.4 Å². The minimum atomic E-state index is -4.14. The molecule has 2 aromatic carbocycles. The van der Waals surface area contributed by atoms with Crippen molar-refractivity contribution in [1.82, 2.24) is 14.6 Å². The number of aromatic nitrogens is 1. The zero-order valence-corrected chi connectivity index (χ0v) is 27.1. The lowest BCUT2D eigenvalue weighted by Crippen LogP contribution is -2.51. The van der Waals surface area contributed by atoms with Crippen LogP contribution in [0.4, 0.5) is 4.79 Å². The molecule has 44 heavy (non-hydrogen) atoms. The number of nitrogens with zero attached hydrogens (tertiary/aromatic N) is 2. The summed E-state index contributed by atoms with van der Waals surface area (Å²) in [5, 5.41) is 14.3. The van der Waals surface area contributed by atoms with Gasteiger partial charge in [-0.15, -0.1) is 11.3 Å². The minimum Gasteiger partial charge on any atom is -0.443 e. The molecule has 2 N–H and O–H groups in total. The Hall–Kier alpha value is -2.66. The fourth-order valence-corrected chi connectivity index (χ4v) is 8.99. The summed E-state index contributed by atoms with van der Waals surface area (Å²) < 4.78 is 70.1. The summed E-state index contributed by atoms with van der Waals surface area (Å²) in [5.41, 5.74) is 1.21. The van der Waals surface area contributed by atoms with Crippen molar-refractivity contribution in [1.29, 1.82) is 0 Å². The number of sulfonamides is 1. The Morgan fingerprint density at radius 1 is 1.14 bits per heavy atom. The lowest BCUT2D eigenvalue weighted by atomic mass is 10.0. The number of ether oxygens (including phenoxy) is 3. The van der Waals surface area contributed by atoms with Gasteiger partial charge >= 0.3 is 6.09 Å². The Bertz CT molecular complexity index is 1680. The molecule has 2 fully saturated rings. The van der Waals surface area contributed by atoms with Crippen molar-refractivity contribution in [2.45, 2.75) is 60.5 Å².